The Balaban J connectivity index is 2.17. The molecule has 0 saturated carbocycles. The summed E-state index contributed by atoms with van der Waals surface area (Å²) in [6.45, 7) is 0. The van der Waals surface area contributed by atoms with Gasteiger partial charge in [-0.15, -0.1) is 0 Å². The van der Waals surface area contributed by atoms with E-state index in [1.807, 2.05) is 0 Å². The average Bonchev–Trinajstić information content (AvgIpc) is 3.03. The van der Waals surface area contributed by atoms with E-state index in [0.29, 0.717) is 16.2 Å². The second kappa shape index (κ2) is 6.34. The number of ether oxygens (including phenoxy) is 2. The molecule has 3 aromatic rings. The molecule has 1 aliphatic heterocycles. The van der Waals surface area contributed by atoms with E-state index >= 15 is 0 Å². The lowest BCUT2D eigenvalue weighted by atomic mass is 10.0. The van der Waals surface area contributed by atoms with E-state index in [4.69, 9.17) is 9.15 Å². The minimum atomic E-state index is -0.855. The molecule has 28 heavy (non-hydrogen) atoms. The van der Waals surface area contributed by atoms with E-state index in [0.717, 1.165) is 24.2 Å². The first-order valence-electron chi connectivity index (χ1n) is 8.18. The summed E-state index contributed by atoms with van der Waals surface area (Å²) in [5, 5.41) is 1.44. The summed E-state index contributed by atoms with van der Waals surface area (Å²) in [6, 6.07) is 7.94. The molecule has 0 saturated heterocycles. The Hall–Kier alpha value is -3.94. The fraction of sp³-hybridized carbons (Fsp3) is 0.100. The van der Waals surface area contributed by atoms with Crippen LogP contribution >= 0.6 is 0 Å². The first-order valence-corrected chi connectivity index (χ1v) is 8.18. The molecule has 2 aromatic carbocycles. The number of amides is 2. The zero-order valence-corrected chi connectivity index (χ0v) is 14.8. The van der Waals surface area contributed by atoms with Gasteiger partial charge in [0.15, 0.2) is 0 Å². The van der Waals surface area contributed by atoms with E-state index in [9.17, 15) is 19.2 Å². The van der Waals surface area contributed by atoms with Gasteiger partial charge in [0, 0.05) is 22.9 Å². The third-order valence-electron chi connectivity index (χ3n) is 4.49. The number of esters is 1. The summed E-state index contributed by atoms with van der Waals surface area (Å²) < 4.78 is 15.3. The maximum Gasteiger partial charge on any atom is 0.351 e. The van der Waals surface area contributed by atoms with Gasteiger partial charge in [0.25, 0.3) is 11.8 Å². The number of carbonyl (C=O) groups excluding carboxylic acids is 3. The van der Waals surface area contributed by atoms with Crippen molar-refractivity contribution in [2.75, 3.05) is 19.1 Å². The number of hydrogen-bond donors (Lipinski definition) is 0. The normalized spacial score (nSPS) is 13.6. The average molecular weight is 379 g/mol. The van der Waals surface area contributed by atoms with Crippen LogP contribution in [-0.2, 0) is 14.3 Å². The maximum absolute atomic E-state index is 12.3. The monoisotopic (exact) mass is 379 g/mol. The van der Waals surface area contributed by atoms with Crippen molar-refractivity contribution in [1.82, 2.24) is 0 Å². The van der Waals surface area contributed by atoms with Gasteiger partial charge in [-0.05, 0) is 23.6 Å². The van der Waals surface area contributed by atoms with Crippen molar-refractivity contribution < 1.29 is 28.3 Å². The predicted molar refractivity (Wildman–Crippen MR) is 99.5 cm³/mol. The van der Waals surface area contributed by atoms with Crippen LogP contribution in [0.4, 0.5) is 5.69 Å². The van der Waals surface area contributed by atoms with Crippen molar-refractivity contribution in [2.24, 2.45) is 0 Å². The molecular formula is C20H13NO7. The minimum absolute atomic E-state index is 0.187. The van der Waals surface area contributed by atoms with Crippen molar-refractivity contribution in [3.8, 4) is 5.75 Å². The third-order valence-corrected chi connectivity index (χ3v) is 4.49. The molecular weight excluding hydrogens is 366 g/mol. The Morgan fingerprint density at radius 2 is 1.68 bits per heavy atom. The Labute approximate surface area is 157 Å². The fourth-order valence-corrected chi connectivity index (χ4v) is 3.24. The molecule has 8 heteroatoms. The van der Waals surface area contributed by atoms with E-state index in [1.165, 1.54) is 13.2 Å². The molecule has 0 unspecified atom stereocenters. The molecule has 0 spiro atoms. The first kappa shape index (κ1) is 17.5. The number of rotatable bonds is 3. The third kappa shape index (κ3) is 2.46. The number of anilines is 1. The van der Waals surface area contributed by atoms with Crippen LogP contribution in [0.5, 0.6) is 5.75 Å². The minimum Gasteiger partial charge on any atom is -0.495 e. The molecule has 2 amide bonds. The maximum atomic E-state index is 12.3. The number of hydrogen-bond acceptors (Lipinski definition) is 7. The van der Waals surface area contributed by atoms with Gasteiger partial charge in [-0.25, -0.2) is 14.5 Å². The number of methoxy groups -OCH3 is 2. The fourth-order valence-electron chi connectivity index (χ4n) is 3.24. The van der Waals surface area contributed by atoms with Crippen molar-refractivity contribution in [3.63, 3.8) is 0 Å². The predicted octanol–water partition coefficient (Wildman–Crippen LogP) is 2.17. The van der Waals surface area contributed by atoms with Gasteiger partial charge in [0.1, 0.15) is 22.6 Å². The summed E-state index contributed by atoms with van der Waals surface area (Å²) in [5.41, 5.74) is -0.756. The van der Waals surface area contributed by atoms with Gasteiger partial charge in [0.2, 0.25) is 0 Å². The van der Waals surface area contributed by atoms with Crippen LogP contribution in [0.3, 0.4) is 0 Å². The second-order valence-electron chi connectivity index (χ2n) is 5.98. The number of fused-ring (bicyclic) bond motifs is 3. The lowest BCUT2D eigenvalue weighted by Gasteiger charge is -2.20. The van der Waals surface area contributed by atoms with Crippen LogP contribution < -0.4 is 15.3 Å². The standard InChI is InChI=1S/C20H13NO7/c1-26-14-6-4-10-3-5-13-11(9-12(19(24)27-2)20(25)28-13)17(10)18(14)21-15(22)7-8-16(21)23/h3-9H,1-2H3. The Morgan fingerprint density at radius 3 is 2.32 bits per heavy atom. The smallest absolute Gasteiger partial charge is 0.351 e. The zero-order valence-electron chi connectivity index (χ0n) is 14.8. The Kier molecular flexibility index (Phi) is 3.96. The highest BCUT2D eigenvalue weighted by Crippen LogP contribution is 2.41. The molecule has 0 atom stereocenters. The van der Waals surface area contributed by atoms with Crippen LogP contribution in [0.25, 0.3) is 21.7 Å². The number of imide groups is 1. The van der Waals surface area contributed by atoms with E-state index in [2.05, 4.69) is 4.74 Å². The highest BCUT2D eigenvalue weighted by molar-refractivity contribution is 6.32. The topological polar surface area (TPSA) is 103 Å². The van der Waals surface area contributed by atoms with Gasteiger partial charge in [-0.2, -0.15) is 0 Å². The Bertz CT molecular complexity index is 1250. The molecule has 1 aromatic heterocycles. The van der Waals surface area contributed by atoms with Crippen LogP contribution in [0.15, 0.2) is 51.7 Å². The number of carbonyl (C=O) groups is 3. The second-order valence-corrected chi connectivity index (χ2v) is 5.98. The number of benzene rings is 2. The van der Waals surface area contributed by atoms with Crippen molar-refractivity contribution in [1.29, 1.82) is 0 Å². The van der Waals surface area contributed by atoms with Crippen LogP contribution in [0, 0.1) is 0 Å². The molecule has 0 fully saturated rings. The molecule has 0 aliphatic carbocycles. The first-order chi connectivity index (χ1) is 13.5. The van der Waals surface area contributed by atoms with Crippen LogP contribution in [0.1, 0.15) is 10.4 Å². The summed E-state index contributed by atoms with van der Waals surface area (Å²) in [4.78, 5) is 49.7. The van der Waals surface area contributed by atoms with E-state index in [1.54, 1.807) is 24.3 Å². The highest BCUT2D eigenvalue weighted by atomic mass is 16.5. The largest absolute Gasteiger partial charge is 0.495 e. The van der Waals surface area contributed by atoms with Crippen molar-refractivity contribution in [3.05, 3.63) is 58.5 Å². The molecule has 0 radical (unpaired) electrons. The SMILES string of the molecule is COC(=O)c1cc2c(ccc3ccc(OC)c(N4C(=O)C=CC4=O)c32)oc1=O. The van der Waals surface area contributed by atoms with Crippen molar-refractivity contribution in [2.45, 2.75) is 0 Å². The summed E-state index contributed by atoms with van der Waals surface area (Å²) in [6.07, 6.45) is 2.32. The van der Waals surface area contributed by atoms with Gasteiger partial charge in [0.05, 0.1) is 14.2 Å². The molecule has 4 rings (SSSR count). The quantitative estimate of drug-likeness (QED) is 0.297. The molecule has 2 heterocycles. The van der Waals surface area contributed by atoms with E-state index in [-0.39, 0.29) is 22.6 Å². The Morgan fingerprint density at radius 1 is 1.00 bits per heavy atom. The molecule has 8 nitrogen and oxygen atoms in total. The summed E-state index contributed by atoms with van der Waals surface area (Å²) in [7, 11) is 2.56. The highest BCUT2D eigenvalue weighted by Gasteiger charge is 2.30. The van der Waals surface area contributed by atoms with E-state index < -0.39 is 23.4 Å². The summed E-state index contributed by atoms with van der Waals surface area (Å²) in [5.74, 6) is -1.64. The van der Waals surface area contributed by atoms with Crippen molar-refractivity contribution >= 4 is 45.2 Å². The zero-order chi connectivity index (χ0) is 20.0. The lowest BCUT2D eigenvalue weighted by molar-refractivity contribution is -0.120. The molecule has 140 valence electrons. The summed E-state index contributed by atoms with van der Waals surface area (Å²) >= 11 is 0. The van der Waals surface area contributed by atoms with Crippen LogP contribution in [0.2, 0.25) is 0 Å². The lowest BCUT2D eigenvalue weighted by Crippen LogP contribution is -2.30. The molecule has 1 aliphatic rings. The van der Waals surface area contributed by atoms with Gasteiger partial charge in [-0.1, -0.05) is 12.1 Å². The number of nitrogens with zero attached hydrogens (tertiary/aromatic N) is 1. The molecule has 0 N–H and O–H groups in total. The van der Waals surface area contributed by atoms with Crippen LogP contribution in [-0.4, -0.2) is 32.0 Å². The van der Waals surface area contributed by atoms with Gasteiger partial charge in [-0.3, -0.25) is 9.59 Å². The van der Waals surface area contributed by atoms with Gasteiger partial charge < -0.3 is 13.9 Å². The van der Waals surface area contributed by atoms with Gasteiger partial charge >= 0.3 is 11.6 Å². The molecule has 0 bridgehead atoms.